The van der Waals surface area contributed by atoms with Crippen LogP contribution < -0.4 is 14.5 Å². The molecular weight excluding hydrogens is 460 g/mol. The highest BCUT2D eigenvalue weighted by Gasteiger charge is 2.22. The molecule has 6 heteroatoms. The average Bonchev–Trinajstić information content (AvgIpc) is 2.92. The normalized spacial score (nSPS) is 16.8. The summed E-state index contributed by atoms with van der Waals surface area (Å²) in [4.78, 5) is 22.0. The standard InChI is InChI=1S/C31H46N4O2/c1-26-12-11-14-28(27(26)2)33-21-23-35(24-22-33)31(36)16-7-5-4-6-10-25-37-30-15-9-8-13-29(30)34-19-17-32(3)18-20-34/h8-9,11-15H,4-7,10,16-25H2,1-3H3. The molecule has 0 radical (unpaired) electrons. The smallest absolute Gasteiger partial charge is 0.222 e. The van der Waals surface area contributed by atoms with Crippen molar-refractivity contribution in [1.82, 2.24) is 9.80 Å². The number of unbranched alkanes of at least 4 members (excludes halogenated alkanes) is 4. The van der Waals surface area contributed by atoms with Gasteiger partial charge in [-0.2, -0.15) is 0 Å². The van der Waals surface area contributed by atoms with Crippen molar-refractivity contribution in [3.8, 4) is 5.75 Å². The van der Waals surface area contributed by atoms with Crippen LogP contribution in [-0.4, -0.2) is 81.7 Å². The van der Waals surface area contributed by atoms with E-state index in [2.05, 4.69) is 83.0 Å². The van der Waals surface area contributed by atoms with Gasteiger partial charge in [-0.25, -0.2) is 0 Å². The third-order valence-corrected chi connectivity index (χ3v) is 8.05. The molecule has 2 saturated heterocycles. The van der Waals surface area contributed by atoms with Gasteiger partial charge in [-0.15, -0.1) is 0 Å². The number of nitrogens with zero attached hydrogens (tertiary/aromatic N) is 4. The lowest BCUT2D eigenvalue weighted by Crippen LogP contribution is -2.49. The number of likely N-dealkylation sites (N-methyl/N-ethyl adjacent to an activating group) is 1. The quantitative estimate of drug-likeness (QED) is 0.396. The van der Waals surface area contributed by atoms with Gasteiger partial charge in [-0.3, -0.25) is 4.79 Å². The fourth-order valence-corrected chi connectivity index (χ4v) is 5.41. The molecule has 2 aliphatic heterocycles. The molecule has 0 N–H and O–H groups in total. The molecule has 2 aliphatic rings. The molecule has 6 nitrogen and oxygen atoms in total. The van der Waals surface area contributed by atoms with Crippen molar-refractivity contribution in [3.05, 3.63) is 53.6 Å². The van der Waals surface area contributed by atoms with E-state index in [0.29, 0.717) is 12.3 Å². The highest BCUT2D eigenvalue weighted by Crippen LogP contribution is 2.29. The summed E-state index contributed by atoms with van der Waals surface area (Å²) in [5.41, 5.74) is 5.23. The lowest BCUT2D eigenvalue weighted by atomic mass is 10.1. The third kappa shape index (κ3) is 7.64. The second-order valence-corrected chi connectivity index (χ2v) is 10.7. The average molecular weight is 507 g/mol. The monoisotopic (exact) mass is 506 g/mol. The van der Waals surface area contributed by atoms with Crippen molar-refractivity contribution in [2.45, 2.75) is 52.4 Å². The second kappa shape index (κ2) is 13.7. The predicted molar refractivity (Wildman–Crippen MR) is 154 cm³/mol. The van der Waals surface area contributed by atoms with E-state index in [-0.39, 0.29) is 0 Å². The van der Waals surface area contributed by atoms with E-state index in [9.17, 15) is 4.79 Å². The van der Waals surface area contributed by atoms with E-state index >= 15 is 0 Å². The van der Waals surface area contributed by atoms with E-state index in [4.69, 9.17) is 4.74 Å². The van der Waals surface area contributed by atoms with Crippen LogP contribution in [0.25, 0.3) is 0 Å². The number of amides is 1. The fraction of sp³-hybridized carbons (Fsp3) is 0.581. The number of carbonyl (C=O) groups is 1. The summed E-state index contributed by atoms with van der Waals surface area (Å²) in [5.74, 6) is 1.33. The summed E-state index contributed by atoms with van der Waals surface area (Å²) in [6, 6.07) is 15.0. The maximum Gasteiger partial charge on any atom is 0.222 e. The summed E-state index contributed by atoms with van der Waals surface area (Å²) in [7, 11) is 2.18. The van der Waals surface area contributed by atoms with Crippen LogP contribution in [0.2, 0.25) is 0 Å². The predicted octanol–water partition coefficient (Wildman–Crippen LogP) is 5.12. The van der Waals surface area contributed by atoms with Gasteiger partial charge in [-0.1, -0.05) is 43.5 Å². The highest BCUT2D eigenvalue weighted by atomic mass is 16.5. The minimum Gasteiger partial charge on any atom is -0.491 e. The van der Waals surface area contributed by atoms with Crippen molar-refractivity contribution in [2.75, 3.05) is 75.8 Å². The minimum absolute atomic E-state index is 0.324. The molecule has 2 aromatic carbocycles. The van der Waals surface area contributed by atoms with Gasteiger partial charge in [0.2, 0.25) is 5.91 Å². The van der Waals surface area contributed by atoms with Gasteiger partial charge in [0, 0.05) is 64.5 Å². The van der Waals surface area contributed by atoms with Gasteiger partial charge < -0.3 is 24.3 Å². The van der Waals surface area contributed by atoms with E-state index in [1.165, 1.54) is 22.5 Å². The summed E-state index contributed by atoms with van der Waals surface area (Å²) < 4.78 is 6.18. The zero-order valence-electron chi connectivity index (χ0n) is 23.3. The molecule has 0 saturated carbocycles. The fourth-order valence-electron chi connectivity index (χ4n) is 5.41. The number of piperazine rings is 2. The molecule has 2 heterocycles. The van der Waals surface area contributed by atoms with Gasteiger partial charge in [0.1, 0.15) is 5.75 Å². The Kier molecular flexibility index (Phi) is 10.1. The highest BCUT2D eigenvalue weighted by molar-refractivity contribution is 5.76. The van der Waals surface area contributed by atoms with Crippen molar-refractivity contribution in [1.29, 1.82) is 0 Å². The lowest BCUT2D eigenvalue weighted by Gasteiger charge is -2.37. The number of carbonyl (C=O) groups excluding carboxylic acids is 1. The Hall–Kier alpha value is -2.73. The number of ether oxygens (including phenoxy) is 1. The Morgan fingerprint density at radius 1 is 0.730 bits per heavy atom. The summed E-state index contributed by atoms with van der Waals surface area (Å²) in [5, 5.41) is 0. The number of hydrogen-bond donors (Lipinski definition) is 0. The molecule has 0 unspecified atom stereocenters. The first kappa shape index (κ1) is 27.3. The van der Waals surface area contributed by atoms with Gasteiger partial charge in [0.15, 0.2) is 0 Å². The van der Waals surface area contributed by atoms with Crippen LogP contribution >= 0.6 is 0 Å². The third-order valence-electron chi connectivity index (χ3n) is 8.05. The molecule has 2 fully saturated rings. The molecule has 2 aromatic rings. The largest absolute Gasteiger partial charge is 0.491 e. The van der Waals surface area contributed by atoms with Gasteiger partial charge >= 0.3 is 0 Å². The second-order valence-electron chi connectivity index (χ2n) is 10.7. The number of hydrogen-bond acceptors (Lipinski definition) is 5. The van der Waals surface area contributed by atoms with Gasteiger partial charge in [0.25, 0.3) is 0 Å². The molecule has 202 valence electrons. The number of para-hydroxylation sites is 2. The molecular formula is C31H46N4O2. The SMILES string of the molecule is Cc1cccc(N2CCN(C(=O)CCCCCCCOc3ccccc3N3CCN(C)CC3)CC2)c1C. The first-order valence-electron chi connectivity index (χ1n) is 14.3. The summed E-state index contributed by atoms with van der Waals surface area (Å²) >= 11 is 0. The molecule has 1 amide bonds. The van der Waals surface area contributed by atoms with Crippen LogP contribution in [0, 0.1) is 13.8 Å². The molecule has 4 rings (SSSR count). The molecule has 0 spiro atoms. The summed E-state index contributed by atoms with van der Waals surface area (Å²) in [6.07, 6.45) is 6.16. The topological polar surface area (TPSA) is 39.3 Å². The Bertz CT molecular complexity index is 994. The van der Waals surface area contributed by atoms with Crippen LogP contribution in [0.3, 0.4) is 0 Å². The first-order valence-corrected chi connectivity index (χ1v) is 14.3. The first-order chi connectivity index (χ1) is 18.0. The van der Waals surface area contributed by atoms with E-state index in [0.717, 1.165) is 96.8 Å². The van der Waals surface area contributed by atoms with Crippen molar-refractivity contribution < 1.29 is 9.53 Å². The van der Waals surface area contributed by atoms with E-state index < -0.39 is 0 Å². The molecule has 37 heavy (non-hydrogen) atoms. The molecule has 0 atom stereocenters. The van der Waals surface area contributed by atoms with Crippen molar-refractivity contribution in [3.63, 3.8) is 0 Å². The number of benzene rings is 2. The zero-order valence-corrected chi connectivity index (χ0v) is 23.3. The van der Waals surface area contributed by atoms with Crippen molar-refractivity contribution >= 4 is 17.3 Å². The molecule has 0 bridgehead atoms. The van der Waals surface area contributed by atoms with Crippen LogP contribution in [0.15, 0.2) is 42.5 Å². The summed E-state index contributed by atoms with van der Waals surface area (Å²) in [6.45, 7) is 12.9. The Labute approximate surface area is 224 Å². The maximum atomic E-state index is 12.7. The van der Waals surface area contributed by atoms with Crippen LogP contribution in [0.1, 0.15) is 49.7 Å². The van der Waals surface area contributed by atoms with Gasteiger partial charge in [-0.05, 0) is 63.1 Å². The van der Waals surface area contributed by atoms with Crippen LogP contribution in [0.4, 0.5) is 11.4 Å². The van der Waals surface area contributed by atoms with Crippen molar-refractivity contribution in [2.24, 2.45) is 0 Å². The van der Waals surface area contributed by atoms with E-state index in [1.54, 1.807) is 0 Å². The number of aryl methyl sites for hydroxylation is 1. The van der Waals surface area contributed by atoms with Crippen LogP contribution in [-0.2, 0) is 4.79 Å². The molecule has 0 aliphatic carbocycles. The lowest BCUT2D eigenvalue weighted by molar-refractivity contribution is -0.131. The maximum absolute atomic E-state index is 12.7. The minimum atomic E-state index is 0.324. The van der Waals surface area contributed by atoms with Gasteiger partial charge in [0.05, 0.1) is 12.3 Å². The zero-order chi connectivity index (χ0) is 26.0. The van der Waals surface area contributed by atoms with Crippen LogP contribution in [0.5, 0.6) is 5.75 Å². The molecule has 0 aromatic heterocycles. The number of anilines is 2. The Morgan fingerprint density at radius 2 is 1.35 bits per heavy atom. The number of rotatable bonds is 11. The Balaban J connectivity index is 1.07. The van der Waals surface area contributed by atoms with E-state index in [1.807, 2.05) is 0 Å². The Morgan fingerprint density at radius 3 is 2.14 bits per heavy atom.